The monoisotopic (exact) mass is 452 g/mol. The molecule has 0 saturated carbocycles. The molecule has 164 valence electrons. The van der Waals surface area contributed by atoms with Crippen molar-refractivity contribution in [1.82, 2.24) is 14.5 Å². The second-order valence-corrected chi connectivity index (χ2v) is 8.09. The van der Waals surface area contributed by atoms with Crippen LogP contribution in [-0.4, -0.2) is 53.3 Å². The molecule has 1 aromatic heterocycles. The number of halogens is 1. The van der Waals surface area contributed by atoms with Crippen molar-refractivity contribution in [3.05, 3.63) is 70.2 Å². The number of hydrogen-bond acceptors (Lipinski definition) is 6. The van der Waals surface area contributed by atoms with Gasteiger partial charge in [-0.05, 0) is 36.4 Å². The topological polar surface area (TPSA) is 76.9 Å². The first-order valence-electron chi connectivity index (χ1n) is 10.3. The Balaban J connectivity index is 1.23. The van der Waals surface area contributed by atoms with Gasteiger partial charge in [0.05, 0.1) is 12.0 Å². The number of rotatable bonds is 4. The molecule has 9 heteroatoms. The van der Waals surface area contributed by atoms with Crippen LogP contribution in [0.5, 0.6) is 11.5 Å². The molecular weight excluding hydrogens is 432 g/mol. The quantitative estimate of drug-likeness (QED) is 0.605. The van der Waals surface area contributed by atoms with Crippen LogP contribution < -0.4 is 19.9 Å². The molecule has 0 aliphatic carbocycles. The Morgan fingerprint density at radius 1 is 1.00 bits per heavy atom. The molecule has 0 bridgehead atoms. The summed E-state index contributed by atoms with van der Waals surface area (Å²) in [4.78, 5) is 33.7. The van der Waals surface area contributed by atoms with Crippen LogP contribution in [0.25, 0.3) is 11.3 Å². The zero-order valence-electron chi connectivity index (χ0n) is 17.2. The van der Waals surface area contributed by atoms with Crippen molar-refractivity contribution in [1.29, 1.82) is 0 Å². The zero-order chi connectivity index (χ0) is 22.1. The van der Waals surface area contributed by atoms with Crippen molar-refractivity contribution >= 4 is 23.2 Å². The standard InChI is InChI=1S/C23H21ClN4O4/c24-17-2-1-3-18(11-17)26-6-8-27(9-7-26)23(30)13-28-14-25-19(12-22(28)29)16-4-5-20-21(10-16)32-15-31-20/h1-5,10-12,14H,6-9,13,15H2. The number of fused-ring (bicyclic) bond motifs is 1. The molecule has 0 radical (unpaired) electrons. The van der Waals surface area contributed by atoms with E-state index >= 15 is 0 Å². The largest absolute Gasteiger partial charge is 0.454 e. The Morgan fingerprint density at radius 2 is 1.81 bits per heavy atom. The number of piperazine rings is 1. The fraction of sp³-hybridized carbons (Fsp3) is 0.261. The van der Waals surface area contributed by atoms with Crippen molar-refractivity contribution < 1.29 is 14.3 Å². The summed E-state index contributed by atoms with van der Waals surface area (Å²) in [5, 5.41) is 0.692. The van der Waals surface area contributed by atoms with Crippen LogP contribution in [0.2, 0.25) is 5.02 Å². The molecule has 0 atom stereocenters. The van der Waals surface area contributed by atoms with E-state index < -0.39 is 0 Å². The highest BCUT2D eigenvalue weighted by Crippen LogP contribution is 2.35. The number of anilines is 1. The summed E-state index contributed by atoms with van der Waals surface area (Å²) in [6, 6.07) is 14.5. The maximum absolute atomic E-state index is 12.8. The second-order valence-electron chi connectivity index (χ2n) is 7.66. The molecule has 1 saturated heterocycles. The van der Waals surface area contributed by atoms with E-state index in [-0.39, 0.29) is 24.8 Å². The minimum atomic E-state index is -0.279. The van der Waals surface area contributed by atoms with Gasteiger partial charge in [-0.3, -0.25) is 14.2 Å². The van der Waals surface area contributed by atoms with E-state index in [4.69, 9.17) is 21.1 Å². The van der Waals surface area contributed by atoms with Crippen LogP contribution in [-0.2, 0) is 11.3 Å². The van der Waals surface area contributed by atoms with Crippen molar-refractivity contribution in [2.75, 3.05) is 37.9 Å². The minimum absolute atomic E-state index is 0.0373. The summed E-state index contributed by atoms with van der Waals surface area (Å²) in [6.45, 7) is 2.74. The Labute approximate surface area is 189 Å². The predicted molar refractivity (Wildman–Crippen MR) is 120 cm³/mol. The van der Waals surface area contributed by atoms with Crippen LogP contribution >= 0.6 is 11.6 Å². The van der Waals surface area contributed by atoms with Crippen LogP contribution in [0.3, 0.4) is 0 Å². The summed E-state index contributed by atoms with van der Waals surface area (Å²) in [5.74, 6) is 1.19. The molecule has 2 aliphatic heterocycles. The van der Waals surface area contributed by atoms with Gasteiger partial charge in [0.15, 0.2) is 11.5 Å². The Hall–Kier alpha value is -3.52. The third-order valence-corrected chi connectivity index (χ3v) is 5.89. The fourth-order valence-electron chi connectivity index (χ4n) is 3.89. The van der Waals surface area contributed by atoms with Crippen LogP contribution in [0.15, 0.2) is 59.7 Å². The fourth-order valence-corrected chi connectivity index (χ4v) is 4.08. The van der Waals surface area contributed by atoms with Gasteiger partial charge in [-0.2, -0.15) is 0 Å². The lowest BCUT2D eigenvalue weighted by atomic mass is 10.1. The number of aromatic nitrogens is 2. The van der Waals surface area contributed by atoms with Crippen LogP contribution in [0.4, 0.5) is 5.69 Å². The number of amides is 1. The van der Waals surface area contributed by atoms with Gasteiger partial charge in [0, 0.05) is 48.5 Å². The second kappa shape index (κ2) is 8.55. The van der Waals surface area contributed by atoms with Crippen LogP contribution in [0.1, 0.15) is 0 Å². The van der Waals surface area contributed by atoms with Crippen molar-refractivity contribution in [3.8, 4) is 22.8 Å². The first-order valence-corrected chi connectivity index (χ1v) is 10.7. The van der Waals surface area contributed by atoms with Crippen molar-refractivity contribution in [2.45, 2.75) is 6.54 Å². The summed E-state index contributed by atoms with van der Waals surface area (Å²) in [6.07, 6.45) is 1.42. The Kier molecular flexibility index (Phi) is 5.45. The molecule has 3 heterocycles. The first kappa shape index (κ1) is 20.4. The number of nitrogens with zero attached hydrogens (tertiary/aromatic N) is 4. The van der Waals surface area contributed by atoms with E-state index in [0.29, 0.717) is 48.4 Å². The minimum Gasteiger partial charge on any atom is -0.454 e. The van der Waals surface area contributed by atoms with Gasteiger partial charge in [-0.25, -0.2) is 4.98 Å². The van der Waals surface area contributed by atoms with E-state index in [1.54, 1.807) is 17.0 Å². The lowest BCUT2D eigenvalue weighted by Gasteiger charge is -2.36. The summed E-state index contributed by atoms with van der Waals surface area (Å²) >= 11 is 6.08. The molecule has 0 unspecified atom stereocenters. The number of ether oxygens (including phenoxy) is 2. The van der Waals surface area contributed by atoms with Gasteiger partial charge >= 0.3 is 0 Å². The molecule has 5 rings (SSSR count). The van der Waals surface area contributed by atoms with E-state index in [0.717, 1.165) is 11.3 Å². The molecule has 2 aliphatic rings. The molecular formula is C23H21ClN4O4. The Bertz CT molecular complexity index is 1220. The molecule has 2 aromatic carbocycles. The number of carbonyl (C=O) groups excluding carboxylic acids is 1. The highest BCUT2D eigenvalue weighted by atomic mass is 35.5. The highest BCUT2D eigenvalue weighted by Gasteiger charge is 2.22. The van der Waals surface area contributed by atoms with Gasteiger partial charge in [-0.15, -0.1) is 0 Å². The average Bonchev–Trinajstić information content (AvgIpc) is 3.28. The van der Waals surface area contributed by atoms with E-state index in [1.165, 1.54) is 17.0 Å². The molecule has 8 nitrogen and oxygen atoms in total. The lowest BCUT2D eigenvalue weighted by molar-refractivity contribution is -0.132. The molecule has 1 fully saturated rings. The summed E-state index contributed by atoms with van der Waals surface area (Å²) < 4.78 is 12.0. The summed E-state index contributed by atoms with van der Waals surface area (Å²) in [7, 11) is 0. The van der Waals surface area contributed by atoms with Gasteiger partial charge in [0.2, 0.25) is 12.7 Å². The van der Waals surface area contributed by atoms with Gasteiger partial charge in [0.1, 0.15) is 6.54 Å². The normalized spacial score (nSPS) is 15.2. The maximum atomic E-state index is 12.8. The lowest BCUT2D eigenvalue weighted by Crippen LogP contribution is -2.50. The SMILES string of the molecule is O=C(Cn1cnc(-c2ccc3c(c2)OCO3)cc1=O)N1CCN(c2cccc(Cl)c2)CC1. The molecule has 1 amide bonds. The third-order valence-electron chi connectivity index (χ3n) is 5.66. The van der Waals surface area contributed by atoms with Gasteiger partial charge in [0.25, 0.3) is 5.56 Å². The smallest absolute Gasteiger partial charge is 0.254 e. The van der Waals surface area contributed by atoms with E-state index in [1.807, 2.05) is 30.3 Å². The highest BCUT2D eigenvalue weighted by molar-refractivity contribution is 6.30. The third kappa shape index (κ3) is 4.13. The molecule has 32 heavy (non-hydrogen) atoms. The maximum Gasteiger partial charge on any atom is 0.254 e. The van der Waals surface area contributed by atoms with Crippen LogP contribution in [0, 0.1) is 0 Å². The van der Waals surface area contributed by atoms with E-state index in [2.05, 4.69) is 9.88 Å². The number of hydrogen-bond donors (Lipinski definition) is 0. The molecule has 3 aromatic rings. The van der Waals surface area contributed by atoms with E-state index in [9.17, 15) is 9.59 Å². The molecule has 0 spiro atoms. The zero-order valence-corrected chi connectivity index (χ0v) is 18.0. The average molecular weight is 453 g/mol. The van der Waals surface area contributed by atoms with Crippen molar-refractivity contribution in [2.24, 2.45) is 0 Å². The molecule has 0 N–H and O–H groups in total. The first-order chi connectivity index (χ1) is 15.6. The van der Waals surface area contributed by atoms with Gasteiger partial charge < -0.3 is 19.3 Å². The Morgan fingerprint density at radius 3 is 2.59 bits per heavy atom. The number of carbonyl (C=O) groups is 1. The van der Waals surface area contributed by atoms with Crippen molar-refractivity contribution in [3.63, 3.8) is 0 Å². The number of benzene rings is 2. The summed E-state index contributed by atoms with van der Waals surface area (Å²) in [5.41, 5.74) is 2.04. The predicted octanol–water partition coefficient (Wildman–Crippen LogP) is 2.64. The van der Waals surface area contributed by atoms with Gasteiger partial charge in [-0.1, -0.05) is 17.7 Å².